The van der Waals surface area contributed by atoms with Crippen molar-refractivity contribution < 1.29 is 0 Å². The van der Waals surface area contributed by atoms with Gasteiger partial charge in [-0.15, -0.1) is 0 Å². The Morgan fingerprint density at radius 2 is 2.25 bits per heavy atom. The molecule has 2 N–H and O–H groups in total. The molecule has 0 unspecified atom stereocenters. The Morgan fingerprint density at radius 3 is 2.90 bits per heavy atom. The maximum Gasteiger partial charge on any atom is 0.251 e. The second kappa shape index (κ2) is 6.06. The van der Waals surface area contributed by atoms with E-state index in [1.807, 2.05) is 6.92 Å². The first-order valence-electron chi connectivity index (χ1n) is 7.81. The van der Waals surface area contributed by atoms with Gasteiger partial charge in [0.15, 0.2) is 0 Å². The van der Waals surface area contributed by atoms with Crippen LogP contribution < -0.4 is 10.9 Å². The van der Waals surface area contributed by atoms with Crippen molar-refractivity contribution in [2.24, 2.45) is 0 Å². The van der Waals surface area contributed by atoms with Crippen LogP contribution >= 0.6 is 0 Å². The topological polar surface area (TPSA) is 61.0 Å². The second-order valence-electron chi connectivity index (χ2n) is 5.99. The van der Waals surface area contributed by atoms with Gasteiger partial charge in [0, 0.05) is 30.4 Å². The summed E-state index contributed by atoms with van der Waals surface area (Å²) >= 11 is 0. The number of H-pyrrole nitrogens is 1. The quantitative estimate of drug-likeness (QED) is 0.815. The van der Waals surface area contributed by atoms with Crippen LogP contribution in [0, 0.1) is 0 Å². The fourth-order valence-corrected chi connectivity index (χ4v) is 2.99. The van der Waals surface area contributed by atoms with E-state index in [1.165, 1.54) is 25.7 Å². The lowest BCUT2D eigenvalue weighted by Gasteiger charge is -2.25. The summed E-state index contributed by atoms with van der Waals surface area (Å²) in [5.74, 6) is 0.819. The highest BCUT2D eigenvalue weighted by atomic mass is 16.1. The Bertz CT molecular complexity index is 503. The van der Waals surface area contributed by atoms with Crippen LogP contribution in [0.3, 0.4) is 0 Å². The van der Waals surface area contributed by atoms with Crippen molar-refractivity contribution >= 4 is 0 Å². The van der Waals surface area contributed by atoms with Gasteiger partial charge in [-0.25, -0.2) is 4.98 Å². The summed E-state index contributed by atoms with van der Waals surface area (Å²) < 4.78 is 0. The zero-order valence-corrected chi connectivity index (χ0v) is 12.2. The molecule has 0 bridgehead atoms. The lowest BCUT2D eigenvalue weighted by atomic mass is 10.2. The van der Waals surface area contributed by atoms with E-state index in [1.54, 1.807) is 6.07 Å². The highest BCUT2D eigenvalue weighted by Crippen LogP contribution is 2.28. The third-order valence-electron chi connectivity index (χ3n) is 4.24. The van der Waals surface area contributed by atoms with Crippen molar-refractivity contribution in [2.75, 3.05) is 13.1 Å². The standard InChI is InChI=1S/C15H24N4O/c1-2-11-8-15(20)18-14(17-11)10-19(13-5-6-13)9-12-4-3-7-16-12/h8,12-13,16H,2-7,9-10H2,1H3,(H,17,18,20)/t12-/m0/s1. The first-order chi connectivity index (χ1) is 9.74. The smallest absolute Gasteiger partial charge is 0.251 e. The molecular weight excluding hydrogens is 252 g/mol. The van der Waals surface area contributed by atoms with Gasteiger partial charge in [0.2, 0.25) is 0 Å². The zero-order valence-electron chi connectivity index (χ0n) is 12.2. The Morgan fingerprint density at radius 1 is 1.40 bits per heavy atom. The molecular formula is C15H24N4O. The molecule has 5 heteroatoms. The van der Waals surface area contributed by atoms with Crippen LogP contribution in [0.2, 0.25) is 0 Å². The average Bonchev–Trinajstić information content (AvgIpc) is 3.16. The lowest BCUT2D eigenvalue weighted by Crippen LogP contribution is -2.39. The summed E-state index contributed by atoms with van der Waals surface area (Å²) in [6.07, 6.45) is 5.92. The number of rotatable bonds is 6. The van der Waals surface area contributed by atoms with Gasteiger partial charge in [-0.3, -0.25) is 9.69 Å². The van der Waals surface area contributed by atoms with Gasteiger partial charge in [-0.1, -0.05) is 6.92 Å². The van der Waals surface area contributed by atoms with Crippen molar-refractivity contribution in [3.63, 3.8) is 0 Å². The largest absolute Gasteiger partial charge is 0.313 e. The van der Waals surface area contributed by atoms with E-state index < -0.39 is 0 Å². The predicted octanol–water partition coefficient (Wildman–Crippen LogP) is 1.05. The number of hydrogen-bond acceptors (Lipinski definition) is 4. The van der Waals surface area contributed by atoms with E-state index in [-0.39, 0.29) is 5.56 Å². The van der Waals surface area contributed by atoms with Gasteiger partial charge in [0.1, 0.15) is 5.82 Å². The van der Waals surface area contributed by atoms with Gasteiger partial charge in [0.25, 0.3) is 5.56 Å². The second-order valence-corrected chi connectivity index (χ2v) is 5.99. The van der Waals surface area contributed by atoms with Crippen LogP contribution in [0.5, 0.6) is 0 Å². The molecule has 2 aliphatic rings. The minimum Gasteiger partial charge on any atom is -0.313 e. The molecule has 1 saturated heterocycles. The van der Waals surface area contributed by atoms with E-state index in [4.69, 9.17) is 0 Å². The number of nitrogens with zero attached hydrogens (tertiary/aromatic N) is 2. The minimum absolute atomic E-state index is 0.0263. The number of aromatic amines is 1. The molecule has 2 heterocycles. The molecule has 0 aromatic carbocycles. The van der Waals surface area contributed by atoms with E-state index in [9.17, 15) is 4.79 Å². The molecule has 1 aromatic heterocycles. The average molecular weight is 276 g/mol. The van der Waals surface area contributed by atoms with E-state index in [2.05, 4.69) is 20.2 Å². The molecule has 1 aliphatic carbocycles. The fraction of sp³-hybridized carbons (Fsp3) is 0.733. The molecule has 0 spiro atoms. The number of nitrogens with one attached hydrogen (secondary N) is 2. The third kappa shape index (κ3) is 3.46. The highest BCUT2D eigenvalue weighted by Gasteiger charge is 2.31. The Labute approximate surface area is 119 Å². The van der Waals surface area contributed by atoms with Gasteiger partial charge in [-0.05, 0) is 38.6 Å². The van der Waals surface area contributed by atoms with Crippen LogP contribution in [0.25, 0.3) is 0 Å². The summed E-state index contributed by atoms with van der Waals surface area (Å²) in [7, 11) is 0. The Kier molecular flexibility index (Phi) is 4.17. The van der Waals surface area contributed by atoms with Gasteiger partial charge in [0.05, 0.1) is 6.54 Å². The van der Waals surface area contributed by atoms with Crippen LogP contribution in [0.4, 0.5) is 0 Å². The van der Waals surface area contributed by atoms with Gasteiger partial charge >= 0.3 is 0 Å². The maximum absolute atomic E-state index is 11.7. The zero-order chi connectivity index (χ0) is 13.9. The van der Waals surface area contributed by atoms with Crippen molar-refractivity contribution in [2.45, 2.75) is 57.7 Å². The first kappa shape index (κ1) is 13.8. The molecule has 3 rings (SSSR count). The predicted molar refractivity (Wildman–Crippen MR) is 78.7 cm³/mol. The SMILES string of the molecule is CCc1cc(=O)[nH]c(CN(C[C@@H]2CCCN2)C2CC2)n1. The van der Waals surface area contributed by atoms with Gasteiger partial charge < -0.3 is 10.3 Å². The van der Waals surface area contributed by atoms with E-state index in [0.29, 0.717) is 12.1 Å². The van der Waals surface area contributed by atoms with Crippen LogP contribution in [-0.4, -0.2) is 40.0 Å². The Balaban J connectivity index is 1.69. The van der Waals surface area contributed by atoms with Crippen molar-refractivity contribution in [1.29, 1.82) is 0 Å². The number of hydrogen-bond donors (Lipinski definition) is 2. The summed E-state index contributed by atoms with van der Waals surface area (Å²) in [6.45, 7) is 5.02. The van der Waals surface area contributed by atoms with Gasteiger partial charge in [-0.2, -0.15) is 0 Å². The fourth-order valence-electron chi connectivity index (χ4n) is 2.99. The monoisotopic (exact) mass is 276 g/mol. The number of aromatic nitrogens is 2. The molecule has 1 saturated carbocycles. The molecule has 1 aromatic rings. The summed E-state index contributed by atoms with van der Waals surface area (Å²) in [5.41, 5.74) is 0.861. The Hall–Kier alpha value is -1.20. The summed E-state index contributed by atoms with van der Waals surface area (Å²) in [5, 5.41) is 3.56. The normalized spacial score (nSPS) is 22.6. The molecule has 1 aliphatic heterocycles. The van der Waals surface area contributed by atoms with E-state index in [0.717, 1.165) is 37.6 Å². The minimum atomic E-state index is -0.0263. The van der Waals surface area contributed by atoms with Crippen LogP contribution in [-0.2, 0) is 13.0 Å². The summed E-state index contributed by atoms with van der Waals surface area (Å²) in [4.78, 5) is 21.6. The molecule has 0 radical (unpaired) electrons. The molecule has 1 atom stereocenters. The maximum atomic E-state index is 11.7. The van der Waals surface area contributed by atoms with Crippen molar-refractivity contribution in [3.8, 4) is 0 Å². The molecule has 0 amide bonds. The first-order valence-corrected chi connectivity index (χ1v) is 7.81. The molecule has 5 nitrogen and oxygen atoms in total. The molecule has 20 heavy (non-hydrogen) atoms. The van der Waals surface area contributed by atoms with Crippen molar-refractivity contribution in [3.05, 3.63) is 27.9 Å². The highest BCUT2D eigenvalue weighted by molar-refractivity contribution is 5.03. The van der Waals surface area contributed by atoms with Crippen LogP contribution in [0.15, 0.2) is 10.9 Å². The summed E-state index contributed by atoms with van der Waals surface area (Å²) in [6, 6.07) is 2.90. The number of aryl methyl sites for hydroxylation is 1. The molecule has 110 valence electrons. The van der Waals surface area contributed by atoms with Crippen LogP contribution in [0.1, 0.15) is 44.1 Å². The molecule has 2 fully saturated rings. The van der Waals surface area contributed by atoms with Crippen molar-refractivity contribution in [1.82, 2.24) is 20.2 Å². The van der Waals surface area contributed by atoms with E-state index >= 15 is 0 Å². The third-order valence-corrected chi connectivity index (χ3v) is 4.24. The lowest BCUT2D eigenvalue weighted by molar-refractivity contribution is 0.225.